The molecule has 446 valence electrons. The number of rotatable bonds is 61. The predicted octanol–water partition coefficient (Wildman–Crippen LogP) is 22.9. The molecule has 0 saturated carbocycles. The van der Waals surface area contributed by atoms with Crippen molar-refractivity contribution in [2.45, 2.75) is 348 Å². The maximum atomic E-state index is 12.9. The van der Waals surface area contributed by atoms with Crippen LogP contribution in [-0.4, -0.2) is 37.2 Å². The van der Waals surface area contributed by atoms with E-state index in [9.17, 15) is 14.4 Å². The summed E-state index contributed by atoms with van der Waals surface area (Å²) in [6, 6.07) is 0. The first-order valence-electron chi connectivity index (χ1n) is 33.4. The smallest absolute Gasteiger partial charge is 0.306 e. The van der Waals surface area contributed by atoms with Crippen LogP contribution in [0.4, 0.5) is 0 Å². The van der Waals surface area contributed by atoms with E-state index in [1.165, 1.54) is 199 Å². The Kier molecular flexibility index (Phi) is 62.7. The zero-order chi connectivity index (χ0) is 55.7. The first kappa shape index (κ1) is 73.8. The van der Waals surface area contributed by atoms with Gasteiger partial charge in [0.25, 0.3) is 0 Å². The Morgan fingerprint density at radius 1 is 0.273 bits per heavy atom. The van der Waals surface area contributed by atoms with Crippen molar-refractivity contribution >= 4 is 17.9 Å². The van der Waals surface area contributed by atoms with Crippen LogP contribution >= 0.6 is 0 Å². The molecule has 1 atom stereocenters. The molecule has 6 nitrogen and oxygen atoms in total. The van der Waals surface area contributed by atoms with E-state index in [0.717, 1.165) is 103 Å². The Balaban J connectivity index is 4.19. The molecule has 0 aromatic rings. The van der Waals surface area contributed by atoms with Gasteiger partial charge in [-0.2, -0.15) is 0 Å². The third kappa shape index (κ3) is 63.6. The molecule has 0 aromatic heterocycles. The molecular weight excluding hydrogens is 949 g/mol. The molecule has 0 heterocycles. The molecule has 0 aliphatic heterocycles. The van der Waals surface area contributed by atoms with Gasteiger partial charge in [-0.25, -0.2) is 0 Å². The van der Waals surface area contributed by atoms with Crippen molar-refractivity contribution in [3.63, 3.8) is 0 Å². The number of esters is 3. The lowest BCUT2D eigenvalue weighted by Crippen LogP contribution is -2.30. The average molecular weight is 1080 g/mol. The largest absolute Gasteiger partial charge is 0.462 e. The van der Waals surface area contributed by atoms with Crippen LogP contribution < -0.4 is 0 Å². The summed E-state index contributed by atoms with van der Waals surface area (Å²) < 4.78 is 16.9. The van der Waals surface area contributed by atoms with Gasteiger partial charge in [-0.3, -0.25) is 14.4 Å². The number of unbranched alkanes of at least 4 members (excludes halogenated alkanes) is 38. The summed E-state index contributed by atoms with van der Waals surface area (Å²) in [4.78, 5) is 38.2. The third-order valence-electron chi connectivity index (χ3n) is 14.7. The number of ether oxygens (including phenoxy) is 3. The number of hydrogen-bond donors (Lipinski definition) is 0. The monoisotopic (exact) mass is 1070 g/mol. The summed E-state index contributed by atoms with van der Waals surface area (Å²) in [6.45, 7) is 6.55. The van der Waals surface area contributed by atoms with Crippen molar-refractivity contribution in [2.24, 2.45) is 0 Å². The second-order valence-electron chi connectivity index (χ2n) is 22.4. The van der Waals surface area contributed by atoms with E-state index in [0.29, 0.717) is 19.3 Å². The lowest BCUT2D eigenvalue weighted by molar-refractivity contribution is -0.167. The summed E-state index contributed by atoms with van der Waals surface area (Å²) in [7, 11) is 0. The molecule has 0 aromatic carbocycles. The molecule has 0 rings (SSSR count). The number of carbonyl (C=O) groups excluding carboxylic acids is 3. The molecule has 0 radical (unpaired) electrons. The van der Waals surface area contributed by atoms with E-state index in [1.54, 1.807) is 0 Å². The van der Waals surface area contributed by atoms with Crippen LogP contribution in [0.15, 0.2) is 72.9 Å². The third-order valence-corrected chi connectivity index (χ3v) is 14.7. The van der Waals surface area contributed by atoms with Crippen molar-refractivity contribution < 1.29 is 28.6 Å². The van der Waals surface area contributed by atoms with Gasteiger partial charge in [0.15, 0.2) is 6.10 Å². The molecule has 6 heteroatoms. The first-order valence-corrected chi connectivity index (χ1v) is 33.4. The number of carbonyl (C=O) groups is 3. The fourth-order valence-electron chi connectivity index (χ4n) is 9.74. The second kappa shape index (κ2) is 65.4. The highest BCUT2D eigenvalue weighted by molar-refractivity contribution is 5.71. The SMILES string of the molecule is CC/C=C\C/C=C\C/C=C\C/C=C\C/C=C\C/C=C\CCCCCCCCCCC(=O)OCC(COC(=O)CCCCCCCCCCC)OC(=O)CCCCCCCCCCCCCCCCCCCCCCCCC. The molecule has 0 saturated heterocycles. The second-order valence-corrected chi connectivity index (χ2v) is 22.4. The van der Waals surface area contributed by atoms with Crippen LogP contribution in [0.3, 0.4) is 0 Å². The molecule has 1 unspecified atom stereocenters. The Labute approximate surface area is 478 Å². The van der Waals surface area contributed by atoms with Crippen molar-refractivity contribution in [3.8, 4) is 0 Å². The lowest BCUT2D eigenvalue weighted by Gasteiger charge is -2.18. The minimum absolute atomic E-state index is 0.0733. The predicted molar refractivity (Wildman–Crippen MR) is 335 cm³/mol. The molecule has 0 amide bonds. The highest BCUT2D eigenvalue weighted by atomic mass is 16.6. The fourth-order valence-corrected chi connectivity index (χ4v) is 9.74. The Morgan fingerprint density at radius 3 is 0.792 bits per heavy atom. The summed E-state index contributed by atoms with van der Waals surface area (Å²) >= 11 is 0. The van der Waals surface area contributed by atoms with Crippen molar-refractivity contribution in [1.82, 2.24) is 0 Å². The van der Waals surface area contributed by atoms with Crippen LogP contribution in [0.5, 0.6) is 0 Å². The molecule has 0 N–H and O–H groups in total. The fraction of sp³-hybridized carbons (Fsp3) is 0.789. The van der Waals surface area contributed by atoms with Crippen molar-refractivity contribution in [3.05, 3.63) is 72.9 Å². The van der Waals surface area contributed by atoms with Gasteiger partial charge in [-0.15, -0.1) is 0 Å². The van der Waals surface area contributed by atoms with Gasteiger partial charge in [0.2, 0.25) is 0 Å². The van der Waals surface area contributed by atoms with Crippen molar-refractivity contribution in [1.29, 1.82) is 0 Å². The standard InChI is InChI=1S/C71H126O6/c1-4-7-10-13-16-19-21-23-25-27-29-31-33-34-35-36-38-39-41-43-45-47-49-52-55-58-61-64-70(73)76-67-68(66-75-69(72)63-60-57-54-51-18-15-12-9-6-3)77-71(74)65-62-59-56-53-50-48-46-44-42-40-37-32-30-28-26-24-22-20-17-14-11-8-5-2/h7,10,16,19,23,25,29,31,34-35,38-39,68H,4-6,8-9,11-15,17-18,20-22,24,26-28,30,32-33,36-37,40-67H2,1-3H3/b10-7-,19-16-,25-23-,31-29-,35-34-,39-38-. The normalized spacial score (nSPS) is 12.5. The Bertz CT molecular complexity index is 1420. The topological polar surface area (TPSA) is 78.9 Å². The van der Waals surface area contributed by atoms with Gasteiger partial charge >= 0.3 is 17.9 Å². The summed E-state index contributed by atoms with van der Waals surface area (Å²) in [5, 5.41) is 0. The van der Waals surface area contributed by atoms with E-state index in [2.05, 4.69) is 93.7 Å². The minimum atomic E-state index is -0.776. The zero-order valence-electron chi connectivity index (χ0n) is 51.2. The van der Waals surface area contributed by atoms with Crippen molar-refractivity contribution in [2.75, 3.05) is 13.2 Å². The molecule has 0 aliphatic rings. The van der Waals surface area contributed by atoms with E-state index in [-0.39, 0.29) is 31.1 Å². The molecule has 0 fully saturated rings. The van der Waals surface area contributed by atoms with E-state index in [1.807, 2.05) is 0 Å². The Hall–Kier alpha value is -3.15. The molecule has 77 heavy (non-hydrogen) atoms. The quantitative estimate of drug-likeness (QED) is 0.0261. The van der Waals surface area contributed by atoms with E-state index >= 15 is 0 Å². The molecule has 0 aliphatic carbocycles. The van der Waals surface area contributed by atoms with Crippen LogP contribution in [0, 0.1) is 0 Å². The summed E-state index contributed by atoms with van der Waals surface area (Å²) in [5.41, 5.74) is 0. The highest BCUT2D eigenvalue weighted by Crippen LogP contribution is 2.18. The van der Waals surface area contributed by atoms with E-state index < -0.39 is 6.10 Å². The maximum Gasteiger partial charge on any atom is 0.306 e. The highest BCUT2D eigenvalue weighted by Gasteiger charge is 2.19. The Morgan fingerprint density at radius 2 is 0.506 bits per heavy atom. The average Bonchev–Trinajstić information content (AvgIpc) is 3.43. The zero-order valence-corrected chi connectivity index (χ0v) is 51.2. The van der Waals surface area contributed by atoms with Gasteiger partial charge in [-0.1, -0.05) is 325 Å². The molecule has 0 spiro atoms. The van der Waals surface area contributed by atoms with Gasteiger partial charge in [0.05, 0.1) is 0 Å². The van der Waals surface area contributed by atoms with Gasteiger partial charge < -0.3 is 14.2 Å². The van der Waals surface area contributed by atoms with Gasteiger partial charge in [0, 0.05) is 19.3 Å². The lowest BCUT2D eigenvalue weighted by atomic mass is 10.0. The van der Waals surface area contributed by atoms with Gasteiger partial charge in [0.1, 0.15) is 13.2 Å². The van der Waals surface area contributed by atoms with Crippen LogP contribution in [0.25, 0.3) is 0 Å². The molecule has 0 bridgehead atoms. The van der Waals surface area contributed by atoms with E-state index in [4.69, 9.17) is 14.2 Å². The maximum absolute atomic E-state index is 12.9. The number of hydrogen-bond acceptors (Lipinski definition) is 6. The van der Waals surface area contributed by atoms with Crippen LogP contribution in [0.1, 0.15) is 342 Å². The van der Waals surface area contributed by atoms with Crippen LogP contribution in [-0.2, 0) is 28.6 Å². The molecular formula is C71H126O6. The summed E-state index contributed by atoms with van der Waals surface area (Å²) in [5.74, 6) is -0.866. The van der Waals surface area contributed by atoms with Crippen LogP contribution in [0.2, 0.25) is 0 Å². The minimum Gasteiger partial charge on any atom is -0.462 e. The van der Waals surface area contributed by atoms with Gasteiger partial charge in [-0.05, 0) is 70.6 Å². The summed E-state index contributed by atoms with van der Waals surface area (Å²) in [6.07, 6.45) is 85.0. The number of allylic oxidation sites excluding steroid dienone is 12. The first-order chi connectivity index (χ1) is 38.0.